The number of halogens is 2. The maximum atomic E-state index is 13.7. The second kappa shape index (κ2) is 7.19. The summed E-state index contributed by atoms with van der Waals surface area (Å²) in [5.74, 6) is -0.112. The topological polar surface area (TPSA) is 20.3 Å². The van der Waals surface area contributed by atoms with Crippen molar-refractivity contribution in [2.24, 2.45) is 0 Å². The van der Waals surface area contributed by atoms with Crippen LogP contribution in [-0.2, 0) is 5.41 Å². The molecule has 4 rings (SSSR count). The Morgan fingerprint density at radius 3 is 2.24 bits per heavy atom. The first-order valence-electron chi connectivity index (χ1n) is 9.69. The smallest absolute Gasteiger partial charge is 0.260 e. The van der Waals surface area contributed by atoms with Gasteiger partial charge in [0.1, 0.15) is 0 Å². The number of fused-ring (bicyclic) bond motifs is 1. The summed E-state index contributed by atoms with van der Waals surface area (Å²) in [6.07, 6.45) is 0.790. The van der Waals surface area contributed by atoms with Crippen LogP contribution in [0.15, 0.2) is 72.8 Å². The fourth-order valence-electron chi connectivity index (χ4n) is 4.73. The highest BCUT2D eigenvalue weighted by Crippen LogP contribution is 2.50. The van der Waals surface area contributed by atoms with Gasteiger partial charge in [0.05, 0.1) is 10.6 Å². The van der Waals surface area contributed by atoms with Gasteiger partial charge < -0.3 is 4.90 Å². The number of carbonyl (C=O) groups is 1. The molecule has 0 bridgehead atoms. The highest BCUT2D eigenvalue weighted by molar-refractivity contribution is 6.37. The van der Waals surface area contributed by atoms with Crippen LogP contribution >= 0.6 is 23.2 Å². The molecule has 1 atom stereocenters. The molecule has 0 aromatic heterocycles. The first kappa shape index (κ1) is 20.0. The number of anilines is 1. The lowest BCUT2D eigenvalue weighted by atomic mass is 9.65. The fourth-order valence-corrected chi connectivity index (χ4v) is 5.22. The van der Waals surface area contributed by atoms with Crippen molar-refractivity contribution < 1.29 is 4.79 Å². The number of amides is 1. The van der Waals surface area contributed by atoms with E-state index in [0.29, 0.717) is 15.6 Å². The van der Waals surface area contributed by atoms with Gasteiger partial charge in [-0.3, -0.25) is 4.79 Å². The van der Waals surface area contributed by atoms with Gasteiger partial charge in [0.15, 0.2) is 0 Å². The molecule has 0 saturated heterocycles. The van der Waals surface area contributed by atoms with Gasteiger partial charge in [0.2, 0.25) is 0 Å². The zero-order chi connectivity index (χ0) is 20.8. The van der Waals surface area contributed by atoms with Crippen LogP contribution in [0.3, 0.4) is 0 Å². The van der Waals surface area contributed by atoms with E-state index in [-0.39, 0.29) is 11.3 Å². The zero-order valence-corrected chi connectivity index (χ0v) is 18.3. The summed E-state index contributed by atoms with van der Waals surface area (Å²) in [5.41, 5.74) is 3.15. The molecule has 0 saturated carbocycles. The van der Waals surface area contributed by atoms with Crippen molar-refractivity contribution in [3.8, 4) is 0 Å². The average Bonchev–Trinajstić information content (AvgIpc) is 2.68. The maximum Gasteiger partial charge on any atom is 0.260 e. The highest BCUT2D eigenvalue weighted by Gasteiger charge is 2.47. The first-order valence-corrected chi connectivity index (χ1v) is 10.4. The van der Waals surface area contributed by atoms with E-state index in [1.165, 1.54) is 5.56 Å². The largest absolute Gasteiger partial charge is 0.302 e. The molecule has 3 aromatic carbocycles. The molecule has 0 spiro atoms. The summed E-state index contributed by atoms with van der Waals surface area (Å²) in [7, 11) is 0. The monoisotopic (exact) mass is 423 g/mol. The van der Waals surface area contributed by atoms with Crippen LogP contribution in [0.25, 0.3) is 0 Å². The standard InChI is InChI=1S/C25H23Cl2NO/c1-24(2)16-25(3,17-9-5-4-6-10-17)20-11-7-8-12-22(20)28(24)23(29)19-14-13-18(26)15-21(19)27/h4-15H,16H2,1-3H3. The van der Waals surface area contributed by atoms with E-state index >= 15 is 0 Å². The third kappa shape index (κ3) is 3.35. The van der Waals surface area contributed by atoms with Gasteiger partial charge in [-0.1, -0.05) is 78.7 Å². The number of para-hydroxylation sites is 1. The van der Waals surface area contributed by atoms with Crippen molar-refractivity contribution in [1.82, 2.24) is 0 Å². The lowest BCUT2D eigenvalue weighted by Gasteiger charge is -2.51. The van der Waals surface area contributed by atoms with E-state index in [1.807, 2.05) is 29.2 Å². The van der Waals surface area contributed by atoms with Crippen LogP contribution in [0.5, 0.6) is 0 Å². The lowest BCUT2D eigenvalue weighted by Crippen LogP contribution is -2.55. The van der Waals surface area contributed by atoms with Gasteiger partial charge in [-0.15, -0.1) is 0 Å². The Bertz CT molecular complexity index is 1080. The van der Waals surface area contributed by atoms with Crippen molar-refractivity contribution in [1.29, 1.82) is 0 Å². The van der Waals surface area contributed by atoms with Crippen molar-refractivity contribution in [3.05, 3.63) is 99.5 Å². The number of carbonyl (C=O) groups excluding carboxylic acids is 1. The van der Waals surface area contributed by atoms with E-state index in [0.717, 1.165) is 17.7 Å². The second-order valence-electron chi connectivity index (χ2n) is 8.47. The molecule has 1 amide bonds. The molecule has 1 aliphatic heterocycles. The predicted octanol–water partition coefficient (Wildman–Crippen LogP) is 7.13. The summed E-state index contributed by atoms with van der Waals surface area (Å²) in [4.78, 5) is 15.5. The number of benzene rings is 3. The molecule has 3 aromatic rings. The van der Waals surface area contributed by atoms with Crippen LogP contribution in [0.4, 0.5) is 5.69 Å². The van der Waals surface area contributed by atoms with Crippen LogP contribution < -0.4 is 4.90 Å². The number of hydrogen-bond acceptors (Lipinski definition) is 1. The lowest BCUT2D eigenvalue weighted by molar-refractivity contribution is 0.0949. The molecule has 1 unspecified atom stereocenters. The second-order valence-corrected chi connectivity index (χ2v) is 9.31. The van der Waals surface area contributed by atoms with E-state index in [9.17, 15) is 4.79 Å². The Balaban J connectivity index is 1.90. The third-order valence-corrected chi connectivity index (χ3v) is 6.45. The predicted molar refractivity (Wildman–Crippen MR) is 121 cm³/mol. The quantitative estimate of drug-likeness (QED) is 0.429. The molecular formula is C25H23Cl2NO. The van der Waals surface area contributed by atoms with Crippen LogP contribution in [0.2, 0.25) is 10.0 Å². The van der Waals surface area contributed by atoms with Crippen molar-refractivity contribution in [2.45, 2.75) is 38.1 Å². The fraction of sp³-hybridized carbons (Fsp3) is 0.240. The van der Waals surface area contributed by atoms with Gasteiger partial charge in [-0.25, -0.2) is 0 Å². The minimum atomic E-state index is -0.418. The molecule has 2 nitrogen and oxygen atoms in total. The molecule has 4 heteroatoms. The molecular weight excluding hydrogens is 401 g/mol. The highest BCUT2D eigenvalue weighted by atomic mass is 35.5. The Hall–Kier alpha value is -2.29. The van der Waals surface area contributed by atoms with Crippen LogP contribution in [0.1, 0.15) is 48.7 Å². The van der Waals surface area contributed by atoms with E-state index < -0.39 is 5.54 Å². The van der Waals surface area contributed by atoms with E-state index in [1.54, 1.807) is 18.2 Å². The van der Waals surface area contributed by atoms with Crippen LogP contribution in [0, 0.1) is 0 Å². The van der Waals surface area contributed by atoms with Gasteiger partial charge in [-0.2, -0.15) is 0 Å². The van der Waals surface area contributed by atoms with Gasteiger partial charge >= 0.3 is 0 Å². The summed E-state index contributed by atoms with van der Waals surface area (Å²) in [6.45, 7) is 6.50. The van der Waals surface area contributed by atoms with Gasteiger partial charge in [0, 0.05) is 21.7 Å². The summed E-state index contributed by atoms with van der Waals surface area (Å²) >= 11 is 12.4. The summed E-state index contributed by atoms with van der Waals surface area (Å²) in [5, 5.41) is 0.883. The van der Waals surface area contributed by atoms with E-state index in [4.69, 9.17) is 23.2 Å². The molecule has 1 heterocycles. The first-order chi connectivity index (χ1) is 13.7. The Labute approximate surface area is 182 Å². The minimum Gasteiger partial charge on any atom is -0.302 e. The SMILES string of the molecule is CC1(c2ccccc2)CC(C)(C)N(C(=O)c2ccc(Cl)cc2Cl)c2ccccc21. The molecule has 0 aliphatic carbocycles. The number of nitrogens with zero attached hydrogens (tertiary/aromatic N) is 1. The molecule has 29 heavy (non-hydrogen) atoms. The maximum absolute atomic E-state index is 13.7. The average molecular weight is 424 g/mol. The molecule has 1 aliphatic rings. The molecule has 0 radical (unpaired) electrons. The Morgan fingerprint density at radius 2 is 1.55 bits per heavy atom. The van der Waals surface area contributed by atoms with E-state index in [2.05, 4.69) is 51.1 Å². The molecule has 148 valence electrons. The summed E-state index contributed by atoms with van der Waals surface area (Å²) in [6, 6.07) is 23.7. The van der Waals surface area contributed by atoms with Crippen molar-refractivity contribution >= 4 is 34.8 Å². The Morgan fingerprint density at radius 1 is 0.897 bits per heavy atom. The van der Waals surface area contributed by atoms with Gasteiger partial charge in [0.25, 0.3) is 5.91 Å². The van der Waals surface area contributed by atoms with Crippen molar-refractivity contribution in [2.75, 3.05) is 4.90 Å². The minimum absolute atomic E-state index is 0.112. The molecule has 0 N–H and O–H groups in total. The third-order valence-electron chi connectivity index (χ3n) is 5.91. The van der Waals surface area contributed by atoms with Gasteiger partial charge in [-0.05, 0) is 55.7 Å². The van der Waals surface area contributed by atoms with Crippen LogP contribution in [-0.4, -0.2) is 11.4 Å². The summed E-state index contributed by atoms with van der Waals surface area (Å²) < 4.78 is 0. The normalized spacial score (nSPS) is 20.2. The van der Waals surface area contributed by atoms with Crippen molar-refractivity contribution in [3.63, 3.8) is 0 Å². The Kier molecular flexibility index (Phi) is 4.96. The number of hydrogen-bond donors (Lipinski definition) is 0. The number of rotatable bonds is 2. The zero-order valence-electron chi connectivity index (χ0n) is 16.7. The molecule has 0 fully saturated rings.